The van der Waals surface area contributed by atoms with Crippen molar-refractivity contribution in [3.63, 3.8) is 0 Å². The lowest BCUT2D eigenvalue weighted by Gasteiger charge is -2.36. The molecule has 6 nitrogen and oxygen atoms in total. The first-order valence-electron chi connectivity index (χ1n) is 6.72. The van der Waals surface area contributed by atoms with Gasteiger partial charge in [0.1, 0.15) is 6.10 Å². The zero-order chi connectivity index (χ0) is 15.5. The Kier molecular flexibility index (Phi) is 5.34. The Labute approximate surface area is 124 Å². The second-order valence-corrected chi connectivity index (χ2v) is 6.74. The van der Waals surface area contributed by atoms with Crippen LogP contribution in [0.4, 0.5) is 0 Å². The molecule has 0 bridgehead atoms. The molecule has 0 aromatic heterocycles. The van der Waals surface area contributed by atoms with Gasteiger partial charge in [-0.3, -0.25) is 4.18 Å². The lowest BCUT2D eigenvalue weighted by Crippen LogP contribution is -2.49. The van der Waals surface area contributed by atoms with Crippen molar-refractivity contribution in [2.75, 3.05) is 6.26 Å². The van der Waals surface area contributed by atoms with E-state index in [9.17, 15) is 13.5 Å². The molecular weight excluding hydrogens is 296 g/mol. The number of benzene rings is 1. The Morgan fingerprint density at radius 1 is 1.33 bits per heavy atom. The van der Waals surface area contributed by atoms with E-state index in [1.54, 1.807) is 6.92 Å². The molecule has 1 aliphatic heterocycles. The molecule has 2 rings (SSSR count). The summed E-state index contributed by atoms with van der Waals surface area (Å²) < 4.78 is 38.3. The summed E-state index contributed by atoms with van der Waals surface area (Å²) >= 11 is 0. The van der Waals surface area contributed by atoms with Gasteiger partial charge in [0.15, 0.2) is 6.29 Å². The molecule has 118 valence electrons. The van der Waals surface area contributed by atoms with Crippen molar-refractivity contribution < 1.29 is 27.2 Å². The van der Waals surface area contributed by atoms with E-state index in [1.807, 2.05) is 30.3 Å². The van der Waals surface area contributed by atoms with E-state index >= 15 is 0 Å². The summed E-state index contributed by atoms with van der Waals surface area (Å²) in [5, 5.41) is 10.0. The number of aliphatic hydroxyl groups excluding tert-OH is 1. The quantitative estimate of drug-likeness (QED) is 0.818. The monoisotopic (exact) mass is 316 g/mol. The molecule has 21 heavy (non-hydrogen) atoms. The van der Waals surface area contributed by atoms with E-state index in [0.29, 0.717) is 6.61 Å². The highest BCUT2D eigenvalue weighted by Gasteiger charge is 2.38. The summed E-state index contributed by atoms with van der Waals surface area (Å²) in [6.45, 7) is 2.01. The first-order valence-corrected chi connectivity index (χ1v) is 8.54. The fraction of sp³-hybridized carbons (Fsp3) is 0.571. The van der Waals surface area contributed by atoms with Crippen LogP contribution < -0.4 is 0 Å². The molecule has 1 aliphatic rings. The molecule has 1 fully saturated rings. The van der Waals surface area contributed by atoms with Gasteiger partial charge in [0, 0.05) is 6.42 Å². The largest absolute Gasteiger partial charge is 0.390 e. The van der Waals surface area contributed by atoms with Gasteiger partial charge in [-0.2, -0.15) is 8.42 Å². The van der Waals surface area contributed by atoms with Crippen molar-refractivity contribution in [3.05, 3.63) is 35.9 Å². The molecule has 1 aromatic rings. The minimum atomic E-state index is -3.64. The number of aliphatic hydroxyl groups is 1. The molecular formula is C14H20O6S. The van der Waals surface area contributed by atoms with Gasteiger partial charge in [-0.1, -0.05) is 30.3 Å². The highest BCUT2D eigenvalue weighted by atomic mass is 32.2. The highest BCUT2D eigenvalue weighted by Crippen LogP contribution is 2.25. The van der Waals surface area contributed by atoms with E-state index in [0.717, 1.165) is 11.8 Å². The summed E-state index contributed by atoms with van der Waals surface area (Å²) in [7, 11) is -3.64. The Morgan fingerprint density at radius 2 is 2.00 bits per heavy atom. The first kappa shape index (κ1) is 16.4. The van der Waals surface area contributed by atoms with Crippen LogP contribution in [0.2, 0.25) is 0 Å². The lowest BCUT2D eigenvalue weighted by molar-refractivity contribution is -0.244. The zero-order valence-corrected chi connectivity index (χ0v) is 12.8. The van der Waals surface area contributed by atoms with Crippen molar-refractivity contribution in [1.82, 2.24) is 0 Å². The summed E-state index contributed by atoms with van der Waals surface area (Å²) in [6, 6.07) is 9.60. The van der Waals surface area contributed by atoms with Crippen LogP contribution in [0.1, 0.15) is 18.9 Å². The van der Waals surface area contributed by atoms with Gasteiger partial charge in [-0.25, -0.2) is 0 Å². The van der Waals surface area contributed by atoms with Crippen LogP contribution in [0, 0.1) is 0 Å². The lowest BCUT2D eigenvalue weighted by atomic mass is 10.0. The average Bonchev–Trinajstić information content (AvgIpc) is 2.41. The standard InChI is InChI=1S/C14H20O6S/c1-10-14(20-21(2,16)17)12(15)8-13(19-10)18-9-11-6-4-3-5-7-11/h3-7,10,12-15H,8-9H2,1-2H3/t10-,12-,13+,14-/m1/s1. The molecule has 1 heterocycles. The fourth-order valence-electron chi connectivity index (χ4n) is 2.23. The molecule has 4 atom stereocenters. The smallest absolute Gasteiger partial charge is 0.264 e. The minimum absolute atomic E-state index is 0.164. The van der Waals surface area contributed by atoms with Crippen LogP contribution in [-0.4, -0.2) is 44.4 Å². The predicted molar refractivity (Wildman–Crippen MR) is 75.9 cm³/mol. The molecule has 1 saturated heterocycles. The predicted octanol–water partition coefficient (Wildman–Crippen LogP) is 1.04. The van der Waals surface area contributed by atoms with E-state index in [4.69, 9.17) is 13.7 Å². The summed E-state index contributed by atoms with van der Waals surface area (Å²) in [5.74, 6) is 0. The molecule has 7 heteroatoms. The van der Waals surface area contributed by atoms with Crippen LogP contribution in [0.15, 0.2) is 30.3 Å². The average molecular weight is 316 g/mol. The third kappa shape index (κ3) is 5.05. The van der Waals surface area contributed by atoms with Gasteiger partial charge in [0.05, 0.1) is 25.1 Å². The van der Waals surface area contributed by atoms with Crippen molar-refractivity contribution >= 4 is 10.1 Å². The fourth-order valence-corrected chi connectivity index (χ4v) is 2.92. The summed E-state index contributed by atoms with van der Waals surface area (Å²) in [4.78, 5) is 0. The topological polar surface area (TPSA) is 82.1 Å². The van der Waals surface area contributed by atoms with E-state index < -0.39 is 34.7 Å². The maximum absolute atomic E-state index is 11.2. The highest BCUT2D eigenvalue weighted by molar-refractivity contribution is 7.86. The number of hydrogen-bond acceptors (Lipinski definition) is 6. The second kappa shape index (κ2) is 6.85. The van der Waals surface area contributed by atoms with Gasteiger partial charge in [-0.05, 0) is 12.5 Å². The molecule has 0 radical (unpaired) electrons. The SMILES string of the molecule is C[C@H]1O[C@H](OCc2ccccc2)C[C@@H](O)[C@@H]1OS(C)(=O)=O. The molecule has 0 aliphatic carbocycles. The van der Waals surface area contributed by atoms with Gasteiger partial charge >= 0.3 is 0 Å². The van der Waals surface area contributed by atoms with Gasteiger partial charge < -0.3 is 14.6 Å². The van der Waals surface area contributed by atoms with Crippen LogP contribution in [-0.2, 0) is 30.4 Å². The van der Waals surface area contributed by atoms with Crippen molar-refractivity contribution in [1.29, 1.82) is 0 Å². The molecule has 1 aromatic carbocycles. The minimum Gasteiger partial charge on any atom is -0.390 e. The van der Waals surface area contributed by atoms with E-state index in [1.165, 1.54) is 0 Å². The van der Waals surface area contributed by atoms with Crippen molar-refractivity contribution in [3.8, 4) is 0 Å². The molecule has 0 spiro atoms. The summed E-state index contributed by atoms with van der Waals surface area (Å²) in [6.07, 6.45) is -1.92. The first-order chi connectivity index (χ1) is 9.85. The number of ether oxygens (including phenoxy) is 2. The Balaban J connectivity index is 1.89. The molecule has 1 N–H and O–H groups in total. The normalized spacial score (nSPS) is 30.2. The van der Waals surface area contributed by atoms with Crippen LogP contribution >= 0.6 is 0 Å². The van der Waals surface area contributed by atoms with E-state index in [-0.39, 0.29) is 6.42 Å². The Morgan fingerprint density at radius 3 is 2.57 bits per heavy atom. The number of rotatable bonds is 5. The second-order valence-electron chi connectivity index (χ2n) is 5.14. The maximum Gasteiger partial charge on any atom is 0.264 e. The third-order valence-corrected chi connectivity index (χ3v) is 3.78. The van der Waals surface area contributed by atoms with Gasteiger partial charge in [-0.15, -0.1) is 0 Å². The van der Waals surface area contributed by atoms with Crippen LogP contribution in [0.5, 0.6) is 0 Å². The number of hydrogen-bond donors (Lipinski definition) is 1. The van der Waals surface area contributed by atoms with Crippen molar-refractivity contribution in [2.24, 2.45) is 0 Å². The van der Waals surface area contributed by atoms with Gasteiger partial charge in [0.2, 0.25) is 0 Å². The maximum atomic E-state index is 11.2. The third-order valence-electron chi connectivity index (χ3n) is 3.21. The van der Waals surface area contributed by atoms with E-state index in [2.05, 4.69) is 0 Å². The molecule has 0 unspecified atom stereocenters. The van der Waals surface area contributed by atoms with Crippen LogP contribution in [0.3, 0.4) is 0 Å². The Hall–Kier alpha value is -0.990. The zero-order valence-electron chi connectivity index (χ0n) is 12.0. The van der Waals surface area contributed by atoms with Gasteiger partial charge in [0.25, 0.3) is 10.1 Å². The van der Waals surface area contributed by atoms with Crippen molar-refractivity contribution in [2.45, 2.75) is 44.6 Å². The molecule has 0 saturated carbocycles. The molecule has 0 amide bonds. The Bertz CT molecular complexity index is 532. The van der Waals surface area contributed by atoms with Crippen LogP contribution in [0.25, 0.3) is 0 Å². The summed E-state index contributed by atoms with van der Waals surface area (Å²) in [5.41, 5.74) is 0.998.